The molecular formula is C37H55N9O7. The van der Waals surface area contributed by atoms with Crippen LogP contribution >= 0.6 is 0 Å². The number of hydrogen-bond donors (Lipinski definition) is 7. The molecule has 0 radical (unpaired) electrons. The molecule has 0 bridgehead atoms. The van der Waals surface area contributed by atoms with Gasteiger partial charge in [-0.2, -0.15) is 0 Å². The molecule has 1 aliphatic rings. The number of imidazole rings is 1. The maximum Gasteiger partial charge on any atom is 0.243 e. The van der Waals surface area contributed by atoms with Crippen molar-refractivity contribution in [1.29, 1.82) is 0 Å². The number of aromatic amines is 1. The van der Waals surface area contributed by atoms with Crippen LogP contribution in [0.5, 0.6) is 0 Å². The number of hydrogen-bond acceptors (Lipinski definition) is 8. The van der Waals surface area contributed by atoms with E-state index in [-0.39, 0.29) is 24.2 Å². The number of aromatic nitrogens is 2. The molecule has 0 saturated carbocycles. The maximum absolute atomic E-state index is 13.5. The van der Waals surface area contributed by atoms with Crippen molar-refractivity contribution in [3.05, 3.63) is 54.1 Å². The lowest BCUT2D eigenvalue weighted by Crippen LogP contribution is -2.58. The van der Waals surface area contributed by atoms with E-state index >= 15 is 0 Å². The highest BCUT2D eigenvalue weighted by Gasteiger charge is 2.37. The quantitative estimate of drug-likeness (QED) is 0.105. The van der Waals surface area contributed by atoms with Crippen molar-refractivity contribution in [2.45, 2.75) is 104 Å². The molecule has 2 aromatic rings. The van der Waals surface area contributed by atoms with E-state index in [1.807, 2.05) is 44.2 Å². The summed E-state index contributed by atoms with van der Waals surface area (Å²) in [6, 6.07) is 5.05. The van der Waals surface area contributed by atoms with Gasteiger partial charge in [-0.25, -0.2) is 4.98 Å². The molecule has 1 saturated heterocycles. The van der Waals surface area contributed by atoms with Crippen molar-refractivity contribution < 1.29 is 33.6 Å². The van der Waals surface area contributed by atoms with Gasteiger partial charge in [0, 0.05) is 38.3 Å². The Hall–Kier alpha value is -5.28. The summed E-state index contributed by atoms with van der Waals surface area (Å²) < 4.78 is 0. The molecular weight excluding hydrogens is 682 g/mol. The van der Waals surface area contributed by atoms with Gasteiger partial charge in [-0.15, -0.1) is 0 Å². The number of carbonyl (C=O) groups excluding carboxylic acids is 7. The van der Waals surface area contributed by atoms with Crippen LogP contribution in [-0.4, -0.2) is 106 Å². The molecule has 0 spiro atoms. The normalized spacial score (nSPS) is 16.7. The molecule has 53 heavy (non-hydrogen) atoms. The first-order valence-electron chi connectivity index (χ1n) is 18.3. The molecule has 290 valence electrons. The van der Waals surface area contributed by atoms with Gasteiger partial charge in [-0.05, 0) is 43.6 Å². The van der Waals surface area contributed by atoms with Crippen molar-refractivity contribution >= 4 is 41.4 Å². The Morgan fingerprint density at radius 2 is 1.58 bits per heavy atom. The van der Waals surface area contributed by atoms with Gasteiger partial charge in [0.1, 0.15) is 30.2 Å². The fourth-order valence-corrected chi connectivity index (χ4v) is 6.01. The summed E-state index contributed by atoms with van der Waals surface area (Å²) in [5, 5.41) is 16.2. The molecule has 1 aromatic carbocycles. The molecule has 7 amide bonds. The van der Waals surface area contributed by atoms with Gasteiger partial charge in [0.2, 0.25) is 41.4 Å². The molecule has 6 atom stereocenters. The maximum atomic E-state index is 13.5. The highest BCUT2D eigenvalue weighted by Crippen LogP contribution is 2.19. The second-order valence-electron chi connectivity index (χ2n) is 13.9. The van der Waals surface area contributed by atoms with E-state index in [1.165, 1.54) is 31.3 Å². The summed E-state index contributed by atoms with van der Waals surface area (Å²) in [5.74, 6) is -3.92. The van der Waals surface area contributed by atoms with E-state index in [0.717, 1.165) is 5.56 Å². The molecule has 1 aromatic heterocycles. The summed E-state index contributed by atoms with van der Waals surface area (Å²) in [6.45, 7) is 10.4. The zero-order valence-electron chi connectivity index (χ0n) is 31.5. The third kappa shape index (κ3) is 13.0. The third-order valence-electron chi connectivity index (χ3n) is 9.31. The predicted octanol–water partition coefficient (Wildman–Crippen LogP) is 0.0994. The van der Waals surface area contributed by atoms with Crippen LogP contribution in [0, 0.1) is 11.8 Å². The third-order valence-corrected chi connectivity index (χ3v) is 9.31. The van der Waals surface area contributed by atoms with E-state index < -0.39 is 72.2 Å². The molecule has 16 nitrogen and oxygen atoms in total. The standard InChI is InChI=1S/C37H55N9O7/c1-7-23(4)32(36(52)39-16-15-26-12-9-8-10-13-26)45-35(51)29-14-11-17-46(29)30(48)20-40-33(49)24(5)42-34(50)28(18-27-19-38-21-41-27)44-37(53)31(22(2)3)43-25(6)47/h8-10,12-13,19,21-24,28-29,31-32H,7,11,14-18,20H2,1-6H3,(H,38,41)(H,39,52)(H,40,49)(H,42,50)(H,43,47)(H,44,53)(H,45,51)/t23-,24-,28-,29-,31-,32-/m0/s1. The Morgan fingerprint density at radius 3 is 2.21 bits per heavy atom. The number of rotatable bonds is 19. The van der Waals surface area contributed by atoms with Crippen LogP contribution in [0.3, 0.4) is 0 Å². The number of nitrogens with zero attached hydrogens (tertiary/aromatic N) is 2. The lowest BCUT2D eigenvalue weighted by Gasteiger charge is -2.29. The van der Waals surface area contributed by atoms with Crippen LogP contribution in [0.2, 0.25) is 0 Å². The van der Waals surface area contributed by atoms with E-state index in [9.17, 15) is 33.6 Å². The van der Waals surface area contributed by atoms with Gasteiger partial charge in [0.05, 0.1) is 12.9 Å². The first kappa shape index (κ1) is 42.1. The largest absolute Gasteiger partial charge is 0.354 e. The molecule has 0 aliphatic carbocycles. The van der Waals surface area contributed by atoms with Gasteiger partial charge in [-0.1, -0.05) is 64.4 Å². The molecule has 7 N–H and O–H groups in total. The van der Waals surface area contributed by atoms with Crippen molar-refractivity contribution in [3.63, 3.8) is 0 Å². The number of likely N-dealkylation sites (tertiary alicyclic amines) is 1. The number of nitrogens with one attached hydrogen (secondary N) is 7. The fourth-order valence-electron chi connectivity index (χ4n) is 6.01. The number of carbonyl (C=O) groups is 7. The minimum atomic E-state index is -1.12. The SMILES string of the molecule is CC[C@H](C)[C@H](NC(=O)[C@@H]1CCCN1C(=O)CNC(=O)[C@H](C)NC(=O)[C@H](Cc1cnc[nH]1)NC(=O)[C@@H](NC(C)=O)C(C)C)C(=O)NCCc1ccccc1. The Balaban J connectivity index is 1.56. The highest BCUT2D eigenvalue weighted by atomic mass is 16.2. The lowest BCUT2D eigenvalue weighted by atomic mass is 9.97. The molecule has 3 rings (SSSR count). The monoisotopic (exact) mass is 737 g/mol. The van der Waals surface area contributed by atoms with E-state index in [4.69, 9.17) is 0 Å². The molecule has 1 fully saturated rings. The van der Waals surface area contributed by atoms with Crippen LogP contribution in [0.4, 0.5) is 0 Å². The smallest absolute Gasteiger partial charge is 0.243 e. The van der Waals surface area contributed by atoms with Crippen molar-refractivity contribution in [1.82, 2.24) is 46.8 Å². The zero-order valence-corrected chi connectivity index (χ0v) is 31.5. The topological polar surface area (TPSA) is 224 Å². The lowest BCUT2D eigenvalue weighted by molar-refractivity contribution is -0.140. The van der Waals surface area contributed by atoms with Crippen LogP contribution < -0.4 is 31.9 Å². The molecule has 2 heterocycles. The Bertz CT molecular complexity index is 1550. The van der Waals surface area contributed by atoms with Crippen LogP contribution in [0.25, 0.3) is 0 Å². The molecule has 16 heteroatoms. The number of benzene rings is 1. The van der Waals surface area contributed by atoms with Gasteiger partial charge < -0.3 is 41.8 Å². The van der Waals surface area contributed by atoms with Crippen LogP contribution in [0.1, 0.15) is 72.1 Å². The summed E-state index contributed by atoms with van der Waals surface area (Å²) in [4.78, 5) is 99.3. The van der Waals surface area contributed by atoms with Crippen LogP contribution in [-0.2, 0) is 46.4 Å². The molecule has 1 aliphatic heterocycles. The van der Waals surface area contributed by atoms with Gasteiger partial charge in [0.25, 0.3) is 0 Å². The van der Waals surface area contributed by atoms with Crippen molar-refractivity contribution in [3.8, 4) is 0 Å². The minimum absolute atomic E-state index is 0.0287. The summed E-state index contributed by atoms with van der Waals surface area (Å²) in [6.07, 6.45) is 5.23. The van der Waals surface area contributed by atoms with E-state index in [0.29, 0.717) is 44.5 Å². The average Bonchev–Trinajstić information content (AvgIpc) is 3.84. The van der Waals surface area contributed by atoms with Gasteiger partial charge in [0.15, 0.2) is 0 Å². The summed E-state index contributed by atoms with van der Waals surface area (Å²) in [5.41, 5.74) is 1.64. The minimum Gasteiger partial charge on any atom is -0.354 e. The average molecular weight is 738 g/mol. The predicted molar refractivity (Wildman–Crippen MR) is 197 cm³/mol. The van der Waals surface area contributed by atoms with E-state index in [1.54, 1.807) is 13.8 Å². The number of H-pyrrole nitrogens is 1. The van der Waals surface area contributed by atoms with Crippen LogP contribution in [0.15, 0.2) is 42.9 Å². The fraction of sp³-hybridized carbons (Fsp3) is 0.568. The van der Waals surface area contributed by atoms with Crippen molar-refractivity contribution in [2.24, 2.45) is 11.8 Å². The Kier molecular flexibility index (Phi) is 16.4. The summed E-state index contributed by atoms with van der Waals surface area (Å²) in [7, 11) is 0. The summed E-state index contributed by atoms with van der Waals surface area (Å²) >= 11 is 0. The van der Waals surface area contributed by atoms with Crippen molar-refractivity contribution in [2.75, 3.05) is 19.6 Å². The molecule has 0 unspecified atom stereocenters. The highest BCUT2D eigenvalue weighted by molar-refractivity contribution is 5.96. The van der Waals surface area contributed by atoms with Gasteiger partial charge in [-0.3, -0.25) is 33.6 Å². The first-order chi connectivity index (χ1) is 25.2. The van der Waals surface area contributed by atoms with Gasteiger partial charge >= 0.3 is 0 Å². The Morgan fingerprint density at radius 1 is 0.868 bits per heavy atom. The number of amides is 7. The zero-order chi connectivity index (χ0) is 39.1. The second-order valence-corrected chi connectivity index (χ2v) is 13.9. The van der Waals surface area contributed by atoms with E-state index in [2.05, 4.69) is 41.9 Å². The Labute approximate surface area is 310 Å². The second kappa shape index (κ2) is 20.7. The first-order valence-corrected chi connectivity index (χ1v) is 18.3.